The molecule has 2 heterocycles. The molecule has 6 rings (SSSR count). The van der Waals surface area contributed by atoms with Crippen LogP contribution in [0.5, 0.6) is 28.7 Å². The van der Waals surface area contributed by atoms with Gasteiger partial charge in [-0.05, 0) is 65.9 Å². The Bertz CT molecular complexity index is 1570. The summed E-state index contributed by atoms with van der Waals surface area (Å²) in [5.41, 5.74) is 4.29. The summed E-state index contributed by atoms with van der Waals surface area (Å²) < 4.78 is 40.1. The van der Waals surface area contributed by atoms with Crippen molar-refractivity contribution in [2.24, 2.45) is 11.8 Å². The molecule has 3 aliphatic rings. The Hall–Kier alpha value is -4.02. The van der Waals surface area contributed by atoms with Crippen LogP contribution in [0.1, 0.15) is 47.1 Å². The highest BCUT2D eigenvalue weighted by Crippen LogP contribution is 2.56. The summed E-state index contributed by atoms with van der Waals surface area (Å²) in [6, 6.07) is 15.3. The molecule has 244 valence electrons. The topological polar surface area (TPSA) is 111 Å². The predicted molar refractivity (Wildman–Crippen MR) is 171 cm³/mol. The summed E-state index contributed by atoms with van der Waals surface area (Å²) in [5.74, 6) is 0.228. The first kappa shape index (κ1) is 31.9. The number of nitrogens with one attached hydrogen (secondary N) is 1. The van der Waals surface area contributed by atoms with Gasteiger partial charge in [-0.15, -0.1) is 23.2 Å². The minimum atomic E-state index is -0.718. The van der Waals surface area contributed by atoms with Gasteiger partial charge in [-0.1, -0.05) is 12.1 Å². The van der Waals surface area contributed by atoms with Crippen LogP contribution in [0.2, 0.25) is 0 Å². The van der Waals surface area contributed by atoms with E-state index in [-0.39, 0.29) is 31.8 Å². The molecule has 4 unspecified atom stereocenters. The fourth-order valence-electron chi connectivity index (χ4n) is 6.57. The molecule has 2 aliphatic heterocycles. The molecular formula is C34H35Cl2NO9. The third-order valence-electron chi connectivity index (χ3n) is 8.68. The Labute approximate surface area is 277 Å². The second kappa shape index (κ2) is 13.8. The summed E-state index contributed by atoms with van der Waals surface area (Å²) in [6.45, 7) is 0.635. The fraction of sp³-hybridized carbons (Fsp3) is 0.412. The molecule has 1 N–H and O–H groups in total. The monoisotopic (exact) mass is 671 g/mol. The first-order valence-corrected chi connectivity index (χ1v) is 15.9. The van der Waals surface area contributed by atoms with Gasteiger partial charge in [0.2, 0.25) is 12.5 Å². The number of methoxy groups -OCH3 is 3. The molecule has 12 heteroatoms. The van der Waals surface area contributed by atoms with E-state index in [1.165, 1.54) is 7.11 Å². The molecular weight excluding hydrogens is 637 g/mol. The second-order valence-electron chi connectivity index (χ2n) is 11.3. The lowest BCUT2D eigenvalue weighted by molar-refractivity contribution is -0.154. The molecule has 4 atom stereocenters. The lowest BCUT2D eigenvalue weighted by Crippen LogP contribution is -2.36. The third-order valence-corrected chi connectivity index (χ3v) is 8.99. The van der Waals surface area contributed by atoms with Crippen molar-refractivity contribution < 1.29 is 42.7 Å². The zero-order valence-electron chi connectivity index (χ0n) is 25.7. The molecule has 10 nitrogen and oxygen atoms in total. The van der Waals surface area contributed by atoms with E-state index in [0.29, 0.717) is 48.1 Å². The van der Waals surface area contributed by atoms with Crippen LogP contribution in [0, 0.1) is 11.8 Å². The van der Waals surface area contributed by atoms with Crippen LogP contribution in [-0.2, 0) is 25.5 Å². The van der Waals surface area contributed by atoms with E-state index < -0.39 is 28.7 Å². The molecule has 46 heavy (non-hydrogen) atoms. The highest BCUT2D eigenvalue weighted by molar-refractivity contribution is 6.44. The van der Waals surface area contributed by atoms with E-state index in [4.69, 9.17) is 56.4 Å². The van der Waals surface area contributed by atoms with E-state index in [1.807, 2.05) is 48.5 Å². The van der Waals surface area contributed by atoms with Crippen molar-refractivity contribution in [3.63, 3.8) is 0 Å². The van der Waals surface area contributed by atoms with Crippen LogP contribution < -0.4 is 29.0 Å². The van der Waals surface area contributed by atoms with Gasteiger partial charge in [0.25, 0.3) is 0 Å². The minimum Gasteiger partial charge on any atom is -0.493 e. The van der Waals surface area contributed by atoms with Crippen LogP contribution in [-0.4, -0.2) is 58.0 Å². The van der Waals surface area contributed by atoms with E-state index >= 15 is 0 Å². The van der Waals surface area contributed by atoms with Crippen molar-refractivity contribution in [1.82, 2.24) is 0 Å². The minimum absolute atomic E-state index is 0.0728. The van der Waals surface area contributed by atoms with E-state index in [9.17, 15) is 9.59 Å². The number of hydrogen-bond acceptors (Lipinski definition) is 10. The number of rotatable bonds is 12. The number of fused-ring (bicyclic) bond motifs is 3. The summed E-state index contributed by atoms with van der Waals surface area (Å²) in [5, 5.41) is 3.16. The standard InChI is InChI=1S/C34H35Cl2NO9/c1-40-26-11-19(12-27(41-2)33(26)42-3)30-21-13-24-25(45-17-44-24)14-22(21)32(23-16-43-34(39)31(23)30)46-29(38)6-4-5-18-7-9-20(10-8-18)37-15-28(35)36/h7-14,23,28,30-32,37H,4-6,15-17H2,1-3H3. The molecule has 0 aromatic heterocycles. The number of benzene rings is 3. The molecule has 1 aliphatic carbocycles. The van der Waals surface area contributed by atoms with E-state index in [2.05, 4.69) is 5.32 Å². The number of hydrogen-bond donors (Lipinski definition) is 1. The van der Waals surface area contributed by atoms with Crippen LogP contribution in [0.4, 0.5) is 5.69 Å². The van der Waals surface area contributed by atoms with Crippen LogP contribution in [0.25, 0.3) is 0 Å². The van der Waals surface area contributed by atoms with Gasteiger partial charge < -0.3 is 38.5 Å². The molecule has 1 fully saturated rings. The number of carbonyl (C=O) groups excluding carboxylic acids is 2. The fourth-order valence-corrected chi connectivity index (χ4v) is 6.72. The van der Waals surface area contributed by atoms with Gasteiger partial charge in [0.1, 0.15) is 10.9 Å². The van der Waals surface area contributed by atoms with Gasteiger partial charge >= 0.3 is 11.9 Å². The molecule has 0 amide bonds. The largest absolute Gasteiger partial charge is 0.493 e. The summed E-state index contributed by atoms with van der Waals surface area (Å²) in [7, 11) is 4.62. The van der Waals surface area contributed by atoms with Gasteiger partial charge in [0, 0.05) is 36.1 Å². The maximum Gasteiger partial charge on any atom is 0.310 e. The lowest BCUT2D eigenvalue weighted by atomic mass is 9.66. The average molecular weight is 673 g/mol. The van der Waals surface area contributed by atoms with Crippen molar-refractivity contribution >= 4 is 40.8 Å². The lowest BCUT2D eigenvalue weighted by Gasteiger charge is -2.38. The van der Waals surface area contributed by atoms with Crippen LogP contribution in [0.3, 0.4) is 0 Å². The number of cyclic esters (lactones) is 1. The normalized spacial score (nSPS) is 20.9. The molecule has 0 spiro atoms. The third kappa shape index (κ3) is 6.33. The zero-order chi connectivity index (χ0) is 32.4. The SMILES string of the molecule is COc1cc(C2c3cc4c(cc3C(OC(=O)CCCc3ccc(NCC(Cl)Cl)cc3)C3COC(=O)C23)OCO4)cc(OC)c1OC. The summed E-state index contributed by atoms with van der Waals surface area (Å²) >= 11 is 11.6. The molecule has 0 bridgehead atoms. The molecule has 3 aromatic carbocycles. The Morgan fingerprint density at radius 2 is 1.61 bits per heavy atom. The zero-order valence-corrected chi connectivity index (χ0v) is 27.2. The van der Waals surface area contributed by atoms with E-state index in [0.717, 1.165) is 27.9 Å². The van der Waals surface area contributed by atoms with Gasteiger partial charge in [-0.25, -0.2) is 0 Å². The van der Waals surface area contributed by atoms with Crippen LogP contribution >= 0.6 is 23.2 Å². The number of halogens is 2. The highest BCUT2D eigenvalue weighted by Gasteiger charge is 2.54. The second-order valence-corrected chi connectivity index (χ2v) is 12.6. The molecule has 3 aromatic rings. The Kier molecular flexibility index (Phi) is 9.56. The first-order valence-electron chi connectivity index (χ1n) is 15.0. The smallest absolute Gasteiger partial charge is 0.310 e. The van der Waals surface area contributed by atoms with Crippen molar-refractivity contribution in [1.29, 1.82) is 0 Å². The Balaban J connectivity index is 1.26. The number of carbonyl (C=O) groups is 2. The number of ether oxygens (including phenoxy) is 7. The molecule has 0 saturated carbocycles. The number of anilines is 1. The quantitative estimate of drug-likeness (QED) is 0.177. The molecule has 1 saturated heterocycles. The van der Waals surface area contributed by atoms with Gasteiger partial charge in [-0.3, -0.25) is 9.59 Å². The van der Waals surface area contributed by atoms with E-state index in [1.54, 1.807) is 14.2 Å². The number of esters is 2. The maximum absolute atomic E-state index is 13.4. The van der Waals surface area contributed by atoms with Crippen molar-refractivity contribution in [3.8, 4) is 28.7 Å². The summed E-state index contributed by atoms with van der Waals surface area (Å²) in [4.78, 5) is 26.2. The first-order chi connectivity index (χ1) is 22.3. The van der Waals surface area contributed by atoms with Gasteiger partial charge in [0.05, 0.1) is 33.9 Å². The van der Waals surface area contributed by atoms with Crippen molar-refractivity contribution in [2.75, 3.05) is 46.6 Å². The maximum atomic E-state index is 13.4. The number of aryl methyl sites for hydroxylation is 1. The molecule has 0 radical (unpaired) electrons. The van der Waals surface area contributed by atoms with Crippen molar-refractivity contribution in [2.45, 2.75) is 36.1 Å². The van der Waals surface area contributed by atoms with Crippen molar-refractivity contribution in [3.05, 3.63) is 70.8 Å². The summed E-state index contributed by atoms with van der Waals surface area (Å²) in [6.07, 6.45) is 0.776. The number of alkyl halides is 2. The van der Waals surface area contributed by atoms with Crippen LogP contribution in [0.15, 0.2) is 48.5 Å². The van der Waals surface area contributed by atoms with Gasteiger partial charge in [-0.2, -0.15) is 0 Å². The predicted octanol–water partition coefficient (Wildman–Crippen LogP) is 6.20. The van der Waals surface area contributed by atoms with Gasteiger partial charge in [0.15, 0.2) is 23.0 Å². The average Bonchev–Trinajstić information content (AvgIpc) is 3.68. The Morgan fingerprint density at radius 1 is 0.935 bits per heavy atom. The highest BCUT2D eigenvalue weighted by atomic mass is 35.5. The Morgan fingerprint density at radius 3 is 2.24 bits per heavy atom.